The van der Waals surface area contributed by atoms with E-state index in [9.17, 15) is 4.39 Å². The summed E-state index contributed by atoms with van der Waals surface area (Å²) >= 11 is 0. The molecule has 0 bridgehead atoms. The highest BCUT2D eigenvalue weighted by atomic mass is 19.1. The summed E-state index contributed by atoms with van der Waals surface area (Å²) in [6, 6.07) is 0.663. The van der Waals surface area contributed by atoms with Gasteiger partial charge in [-0.05, 0) is 13.5 Å². The molecule has 2 atom stereocenters. The number of likely N-dealkylation sites (N-methyl/N-ethyl adjacent to an activating group) is 1. The largest absolute Gasteiger partial charge is 0.464 e. The van der Waals surface area contributed by atoms with Crippen molar-refractivity contribution in [2.75, 3.05) is 34.3 Å². The molecule has 4 nitrogen and oxygen atoms in total. The Morgan fingerprint density at radius 2 is 2.43 bits per heavy atom. The Balaban J connectivity index is 2.31. The first kappa shape index (κ1) is 11.2. The van der Waals surface area contributed by atoms with Crippen molar-refractivity contribution in [3.8, 4) is 0 Å². The third-order valence-corrected chi connectivity index (χ3v) is 2.47. The molecule has 1 fully saturated rings. The second-order valence-electron chi connectivity index (χ2n) is 3.52. The number of amidine groups is 1. The lowest BCUT2D eigenvalue weighted by Gasteiger charge is -2.19. The van der Waals surface area contributed by atoms with Crippen LogP contribution >= 0.6 is 0 Å². The van der Waals surface area contributed by atoms with E-state index < -0.39 is 6.17 Å². The van der Waals surface area contributed by atoms with E-state index in [1.807, 2.05) is 11.9 Å². The van der Waals surface area contributed by atoms with Gasteiger partial charge < -0.3 is 10.1 Å². The molecular weight excluding hydrogens is 185 g/mol. The zero-order chi connectivity index (χ0) is 10.6. The predicted molar refractivity (Wildman–Crippen MR) is 54.3 cm³/mol. The molecule has 0 radical (unpaired) electrons. The molecule has 1 N–H and O–H groups in total. The van der Waals surface area contributed by atoms with Crippen LogP contribution in [-0.4, -0.2) is 57.4 Å². The normalized spacial score (nSPS) is 29.3. The molecule has 1 saturated heterocycles. The summed E-state index contributed by atoms with van der Waals surface area (Å²) < 4.78 is 18.3. The third kappa shape index (κ3) is 2.83. The van der Waals surface area contributed by atoms with E-state index in [2.05, 4.69) is 10.3 Å². The molecule has 0 aromatic carbocycles. The van der Waals surface area contributed by atoms with Gasteiger partial charge in [-0.1, -0.05) is 0 Å². The lowest BCUT2D eigenvalue weighted by atomic mass is 10.2. The molecule has 0 aromatic rings. The maximum atomic E-state index is 13.0. The first-order valence-electron chi connectivity index (χ1n) is 4.79. The summed E-state index contributed by atoms with van der Waals surface area (Å²) in [6.07, 6.45) is -0.165. The Morgan fingerprint density at radius 1 is 1.71 bits per heavy atom. The minimum absolute atomic E-state index is 0.162. The lowest BCUT2D eigenvalue weighted by Crippen LogP contribution is -2.33. The topological polar surface area (TPSA) is 36.9 Å². The highest BCUT2D eigenvalue weighted by Gasteiger charge is 2.29. The summed E-state index contributed by atoms with van der Waals surface area (Å²) in [7, 11) is 5.32. The van der Waals surface area contributed by atoms with Crippen LogP contribution in [-0.2, 0) is 4.74 Å². The van der Waals surface area contributed by atoms with Gasteiger partial charge in [-0.25, -0.2) is 9.38 Å². The van der Waals surface area contributed by atoms with Crippen molar-refractivity contribution < 1.29 is 9.13 Å². The maximum Gasteiger partial charge on any atom is 0.284 e. The smallest absolute Gasteiger partial charge is 0.284 e. The van der Waals surface area contributed by atoms with Crippen molar-refractivity contribution in [3.63, 3.8) is 0 Å². The van der Waals surface area contributed by atoms with Gasteiger partial charge in [-0.2, -0.15) is 0 Å². The van der Waals surface area contributed by atoms with E-state index in [1.165, 1.54) is 0 Å². The molecule has 0 aliphatic carbocycles. The number of ether oxygens (including phenoxy) is 1. The van der Waals surface area contributed by atoms with Crippen LogP contribution in [0.2, 0.25) is 0 Å². The fourth-order valence-electron chi connectivity index (χ4n) is 1.63. The highest BCUT2D eigenvalue weighted by Crippen LogP contribution is 2.18. The molecule has 82 valence electrons. The summed E-state index contributed by atoms with van der Waals surface area (Å²) in [4.78, 5) is 5.86. The number of halogens is 1. The van der Waals surface area contributed by atoms with Crippen molar-refractivity contribution in [3.05, 3.63) is 0 Å². The van der Waals surface area contributed by atoms with Gasteiger partial charge in [0.2, 0.25) is 0 Å². The van der Waals surface area contributed by atoms with E-state index in [0.717, 1.165) is 0 Å². The third-order valence-electron chi connectivity index (χ3n) is 2.47. The number of alkyl halides is 1. The van der Waals surface area contributed by atoms with Gasteiger partial charge in [0.1, 0.15) is 12.8 Å². The van der Waals surface area contributed by atoms with Crippen LogP contribution in [0, 0.1) is 0 Å². The first-order chi connectivity index (χ1) is 6.67. The highest BCUT2D eigenvalue weighted by molar-refractivity contribution is 5.72. The van der Waals surface area contributed by atoms with Crippen LogP contribution in [0.3, 0.4) is 0 Å². The second kappa shape index (κ2) is 5.14. The van der Waals surface area contributed by atoms with Gasteiger partial charge in [0.15, 0.2) is 0 Å². The molecule has 0 amide bonds. The first-order valence-corrected chi connectivity index (χ1v) is 4.79. The maximum absolute atomic E-state index is 13.0. The molecule has 1 heterocycles. The Bertz CT molecular complexity index is 210. The van der Waals surface area contributed by atoms with Crippen molar-refractivity contribution in [1.29, 1.82) is 0 Å². The van der Waals surface area contributed by atoms with Crippen molar-refractivity contribution in [2.24, 2.45) is 4.99 Å². The van der Waals surface area contributed by atoms with Crippen LogP contribution in [0.4, 0.5) is 4.39 Å². The molecule has 0 spiro atoms. The Hall–Kier alpha value is -0.840. The van der Waals surface area contributed by atoms with Crippen molar-refractivity contribution in [2.45, 2.75) is 18.6 Å². The SMILES string of the molecule is CN=C(NC)OC[C@@H]1C[C@@H](F)CN1C. The molecule has 0 saturated carbocycles. The standard InChI is InChI=1S/C9H18FN3O/c1-11-9(12-2)14-6-8-4-7(10)5-13(8)3/h7-8H,4-6H2,1-3H3,(H,11,12)/t7-,8+/m1/s1. The molecule has 0 unspecified atom stereocenters. The minimum Gasteiger partial charge on any atom is -0.464 e. The Morgan fingerprint density at radius 3 is 2.86 bits per heavy atom. The molecule has 0 aromatic heterocycles. The molecule has 1 aliphatic rings. The van der Waals surface area contributed by atoms with E-state index in [4.69, 9.17) is 4.74 Å². The van der Waals surface area contributed by atoms with Gasteiger partial charge >= 0.3 is 0 Å². The van der Waals surface area contributed by atoms with E-state index in [-0.39, 0.29) is 6.04 Å². The van der Waals surface area contributed by atoms with Crippen LogP contribution in [0.25, 0.3) is 0 Å². The summed E-state index contributed by atoms with van der Waals surface area (Å²) in [5.41, 5.74) is 0. The predicted octanol–water partition coefficient (Wildman–Crippen LogP) is 0.250. The summed E-state index contributed by atoms with van der Waals surface area (Å²) in [5.74, 6) is 0. The fourth-order valence-corrected chi connectivity index (χ4v) is 1.63. The Kier molecular flexibility index (Phi) is 4.13. The van der Waals surface area contributed by atoms with Crippen LogP contribution in [0.1, 0.15) is 6.42 Å². The molecule has 1 aliphatic heterocycles. The number of hydrogen-bond donors (Lipinski definition) is 1. The summed E-state index contributed by atoms with van der Waals surface area (Å²) in [6.45, 7) is 0.997. The van der Waals surface area contributed by atoms with Gasteiger partial charge in [0.05, 0.1) is 0 Å². The van der Waals surface area contributed by atoms with Crippen LogP contribution < -0.4 is 5.32 Å². The zero-order valence-electron chi connectivity index (χ0n) is 8.96. The van der Waals surface area contributed by atoms with E-state index in [0.29, 0.717) is 25.6 Å². The average molecular weight is 203 g/mol. The van der Waals surface area contributed by atoms with Crippen LogP contribution in [0.15, 0.2) is 4.99 Å². The number of hydrogen-bond acceptors (Lipinski definition) is 3. The fraction of sp³-hybridized carbons (Fsp3) is 0.889. The lowest BCUT2D eigenvalue weighted by molar-refractivity contribution is 0.184. The zero-order valence-corrected chi connectivity index (χ0v) is 8.96. The van der Waals surface area contributed by atoms with Crippen molar-refractivity contribution >= 4 is 6.02 Å². The summed E-state index contributed by atoms with van der Waals surface area (Å²) in [5, 5.41) is 2.82. The quantitative estimate of drug-likeness (QED) is 0.516. The van der Waals surface area contributed by atoms with Gasteiger partial charge in [-0.15, -0.1) is 0 Å². The molecular formula is C9H18FN3O. The molecule has 1 rings (SSSR count). The van der Waals surface area contributed by atoms with Crippen molar-refractivity contribution in [1.82, 2.24) is 10.2 Å². The number of aliphatic imine (C=N–C) groups is 1. The molecule has 5 heteroatoms. The molecule has 14 heavy (non-hydrogen) atoms. The Labute approximate surface area is 84.1 Å². The van der Waals surface area contributed by atoms with Gasteiger partial charge in [-0.3, -0.25) is 4.90 Å². The van der Waals surface area contributed by atoms with E-state index in [1.54, 1.807) is 14.1 Å². The second-order valence-corrected chi connectivity index (χ2v) is 3.52. The average Bonchev–Trinajstić information content (AvgIpc) is 2.47. The van der Waals surface area contributed by atoms with Crippen LogP contribution in [0.5, 0.6) is 0 Å². The minimum atomic E-state index is -0.717. The number of rotatable bonds is 2. The number of likely N-dealkylation sites (tertiary alicyclic amines) is 1. The number of nitrogens with one attached hydrogen (secondary N) is 1. The van der Waals surface area contributed by atoms with Gasteiger partial charge in [0.25, 0.3) is 6.02 Å². The monoisotopic (exact) mass is 203 g/mol. The van der Waals surface area contributed by atoms with E-state index >= 15 is 0 Å². The number of nitrogens with zero attached hydrogens (tertiary/aromatic N) is 2. The van der Waals surface area contributed by atoms with Gasteiger partial charge in [0, 0.05) is 26.7 Å².